The van der Waals surface area contributed by atoms with E-state index in [0.29, 0.717) is 18.1 Å². The molecule has 1 aromatic carbocycles. The number of thioether (sulfide) groups is 1. The van der Waals surface area contributed by atoms with Crippen LogP contribution in [-0.2, 0) is 6.42 Å². The molecule has 6 heteroatoms. The Hall–Kier alpha value is -1.40. The van der Waals surface area contributed by atoms with Gasteiger partial charge in [0.2, 0.25) is 5.89 Å². The molecular weight excluding hydrogens is 265 g/mol. The summed E-state index contributed by atoms with van der Waals surface area (Å²) in [6.07, 6.45) is 0.541. The first-order valence-electron chi connectivity index (χ1n) is 6.12. The Bertz CT molecular complexity index is 557. The van der Waals surface area contributed by atoms with Crippen LogP contribution in [0.4, 0.5) is 4.39 Å². The van der Waals surface area contributed by atoms with Gasteiger partial charge in [0.25, 0.3) is 0 Å². The van der Waals surface area contributed by atoms with Crippen LogP contribution in [-0.4, -0.2) is 27.7 Å². The molecular formula is C13H14FN3OS. The number of hydrogen-bond acceptors (Lipinski definition) is 5. The third kappa shape index (κ3) is 2.79. The summed E-state index contributed by atoms with van der Waals surface area (Å²) >= 11 is 1.81. The van der Waals surface area contributed by atoms with Gasteiger partial charge in [0.05, 0.1) is 5.92 Å². The number of nitrogens with zero attached hydrogens (tertiary/aromatic N) is 2. The molecule has 2 heterocycles. The van der Waals surface area contributed by atoms with Crippen LogP contribution in [0.2, 0.25) is 0 Å². The van der Waals surface area contributed by atoms with E-state index < -0.39 is 0 Å². The van der Waals surface area contributed by atoms with Crippen molar-refractivity contribution in [1.29, 1.82) is 0 Å². The first kappa shape index (κ1) is 12.6. The van der Waals surface area contributed by atoms with E-state index in [0.717, 1.165) is 17.1 Å². The maximum absolute atomic E-state index is 12.8. The predicted octanol–water partition coefficient (Wildman–Crippen LogP) is 1.96. The van der Waals surface area contributed by atoms with Gasteiger partial charge in [0, 0.05) is 24.0 Å². The first-order valence-corrected chi connectivity index (χ1v) is 7.28. The van der Waals surface area contributed by atoms with E-state index in [1.165, 1.54) is 12.1 Å². The van der Waals surface area contributed by atoms with Crippen molar-refractivity contribution in [2.45, 2.75) is 18.4 Å². The Kier molecular flexibility index (Phi) is 3.52. The molecule has 1 fully saturated rings. The van der Waals surface area contributed by atoms with E-state index in [2.05, 4.69) is 10.1 Å². The van der Waals surface area contributed by atoms with Gasteiger partial charge in [-0.05, 0) is 17.7 Å². The number of nitrogens with two attached hydrogens (primary N) is 1. The van der Waals surface area contributed by atoms with E-state index in [-0.39, 0.29) is 17.8 Å². The Morgan fingerprint density at radius 3 is 2.79 bits per heavy atom. The molecule has 0 radical (unpaired) electrons. The quantitative estimate of drug-likeness (QED) is 0.930. The van der Waals surface area contributed by atoms with Crippen molar-refractivity contribution in [1.82, 2.24) is 10.1 Å². The molecule has 4 nitrogen and oxygen atoms in total. The zero-order valence-electron chi connectivity index (χ0n) is 10.3. The summed E-state index contributed by atoms with van der Waals surface area (Å²) in [5.41, 5.74) is 6.96. The smallest absolute Gasteiger partial charge is 0.232 e. The van der Waals surface area contributed by atoms with Crippen molar-refractivity contribution in [3.8, 4) is 0 Å². The van der Waals surface area contributed by atoms with Crippen LogP contribution in [0.5, 0.6) is 0 Å². The maximum Gasteiger partial charge on any atom is 0.232 e. The molecule has 0 spiro atoms. The molecule has 2 unspecified atom stereocenters. The average molecular weight is 279 g/mol. The molecule has 3 rings (SSSR count). The monoisotopic (exact) mass is 279 g/mol. The highest BCUT2D eigenvalue weighted by atomic mass is 32.2. The molecule has 2 aromatic rings. The van der Waals surface area contributed by atoms with E-state index >= 15 is 0 Å². The summed E-state index contributed by atoms with van der Waals surface area (Å²) in [4.78, 5) is 4.40. The molecule has 0 bridgehead atoms. The van der Waals surface area contributed by atoms with Gasteiger partial charge in [-0.2, -0.15) is 16.7 Å². The first-order chi connectivity index (χ1) is 9.22. The number of hydrogen-bond donors (Lipinski definition) is 1. The fourth-order valence-electron chi connectivity index (χ4n) is 2.10. The lowest BCUT2D eigenvalue weighted by Crippen LogP contribution is -2.26. The topological polar surface area (TPSA) is 64.9 Å². The third-order valence-corrected chi connectivity index (χ3v) is 4.42. The van der Waals surface area contributed by atoms with Crippen molar-refractivity contribution >= 4 is 11.8 Å². The van der Waals surface area contributed by atoms with Crippen molar-refractivity contribution in [2.75, 3.05) is 11.5 Å². The molecule has 1 aromatic heterocycles. The lowest BCUT2D eigenvalue weighted by atomic mass is 10.1. The van der Waals surface area contributed by atoms with Crippen molar-refractivity contribution in [3.05, 3.63) is 47.4 Å². The van der Waals surface area contributed by atoms with Crippen molar-refractivity contribution < 1.29 is 8.91 Å². The second kappa shape index (κ2) is 5.30. The molecule has 0 saturated carbocycles. The number of aromatic nitrogens is 2. The fraction of sp³-hybridized carbons (Fsp3) is 0.385. The van der Waals surface area contributed by atoms with Crippen LogP contribution in [0.25, 0.3) is 0 Å². The Balaban J connectivity index is 1.72. The van der Waals surface area contributed by atoms with Crippen molar-refractivity contribution in [3.63, 3.8) is 0 Å². The summed E-state index contributed by atoms with van der Waals surface area (Å²) in [6.45, 7) is 0. The van der Waals surface area contributed by atoms with Crippen molar-refractivity contribution in [2.24, 2.45) is 5.73 Å². The molecule has 1 aliphatic rings. The molecule has 2 N–H and O–H groups in total. The van der Waals surface area contributed by atoms with Gasteiger partial charge in [-0.25, -0.2) is 4.39 Å². The number of benzene rings is 1. The van der Waals surface area contributed by atoms with Crippen LogP contribution >= 0.6 is 11.8 Å². The highest BCUT2D eigenvalue weighted by Gasteiger charge is 2.30. The van der Waals surface area contributed by atoms with Crippen LogP contribution in [0.3, 0.4) is 0 Å². The van der Waals surface area contributed by atoms with E-state index in [1.807, 2.05) is 0 Å². The van der Waals surface area contributed by atoms with Crippen LogP contribution < -0.4 is 5.73 Å². The normalized spacial score (nSPS) is 22.8. The van der Waals surface area contributed by atoms with E-state index in [9.17, 15) is 4.39 Å². The molecule has 0 amide bonds. The standard InChI is InChI=1S/C13H14FN3OS/c14-9-3-1-8(2-4-9)5-12-16-13(18-17-12)10-6-19-7-11(10)15/h1-4,10-11H,5-7,15H2. The summed E-state index contributed by atoms with van der Waals surface area (Å²) in [5.74, 6) is 3.01. The maximum atomic E-state index is 12.8. The van der Waals surface area contributed by atoms with Gasteiger partial charge < -0.3 is 10.3 Å². The highest BCUT2D eigenvalue weighted by molar-refractivity contribution is 7.99. The molecule has 1 aliphatic heterocycles. The van der Waals surface area contributed by atoms with Gasteiger partial charge in [-0.1, -0.05) is 17.3 Å². The Labute approximate surface area is 114 Å². The molecule has 100 valence electrons. The Morgan fingerprint density at radius 2 is 2.11 bits per heavy atom. The van der Waals surface area contributed by atoms with Gasteiger partial charge in [0.1, 0.15) is 5.82 Å². The van der Waals surface area contributed by atoms with E-state index in [4.69, 9.17) is 10.3 Å². The number of rotatable bonds is 3. The number of halogens is 1. The van der Waals surface area contributed by atoms with Crippen LogP contribution in [0, 0.1) is 5.82 Å². The zero-order chi connectivity index (χ0) is 13.2. The van der Waals surface area contributed by atoms with Gasteiger partial charge in [0.15, 0.2) is 5.82 Å². The predicted molar refractivity (Wildman–Crippen MR) is 71.5 cm³/mol. The van der Waals surface area contributed by atoms with E-state index in [1.54, 1.807) is 23.9 Å². The van der Waals surface area contributed by atoms with Gasteiger partial charge in [-0.3, -0.25) is 0 Å². The SMILES string of the molecule is NC1CSCC1c1nc(Cc2ccc(F)cc2)no1. The molecule has 19 heavy (non-hydrogen) atoms. The lowest BCUT2D eigenvalue weighted by molar-refractivity contribution is 0.349. The molecule has 1 saturated heterocycles. The summed E-state index contributed by atoms with van der Waals surface area (Å²) < 4.78 is 18.1. The third-order valence-electron chi connectivity index (χ3n) is 3.20. The molecule has 2 atom stereocenters. The Morgan fingerprint density at radius 1 is 1.32 bits per heavy atom. The second-order valence-electron chi connectivity index (χ2n) is 4.66. The summed E-state index contributed by atoms with van der Waals surface area (Å²) in [5, 5.41) is 3.97. The second-order valence-corrected chi connectivity index (χ2v) is 5.73. The molecule has 0 aliphatic carbocycles. The summed E-state index contributed by atoms with van der Waals surface area (Å²) in [7, 11) is 0. The minimum atomic E-state index is -0.244. The highest BCUT2D eigenvalue weighted by Crippen LogP contribution is 2.30. The largest absolute Gasteiger partial charge is 0.339 e. The fourth-order valence-corrected chi connectivity index (χ4v) is 3.38. The van der Waals surface area contributed by atoms with Gasteiger partial charge >= 0.3 is 0 Å². The van der Waals surface area contributed by atoms with Crippen LogP contribution in [0.1, 0.15) is 23.2 Å². The van der Waals surface area contributed by atoms with Crippen LogP contribution in [0.15, 0.2) is 28.8 Å². The van der Waals surface area contributed by atoms with Gasteiger partial charge in [-0.15, -0.1) is 0 Å². The lowest BCUT2D eigenvalue weighted by Gasteiger charge is -2.07. The minimum absolute atomic E-state index is 0.0871. The minimum Gasteiger partial charge on any atom is -0.339 e. The average Bonchev–Trinajstić information content (AvgIpc) is 3.01. The zero-order valence-corrected chi connectivity index (χ0v) is 11.1. The summed E-state index contributed by atoms with van der Waals surface area (Å²) in [6, 6.07) is 6.40.